The van der Waals surface area contributed by atoms with E-state index in [1.165, 1.54) is 11.3 Å². The number of allylic oxidation sites excluding steroid dienone is 1. The van der Waals surface area contributed by atoms with E-state index in [-0.39, 0.29) is 0 Å². The van der Waals surface area contributed by atoms with E-state index in [0.717, 1.165) is 17.0 Å². The third-order valence-electron chi connectivity index (χ3n) is 3.73. The van der Waals surface area contributed by atoms with Gasteiger partial charge in [-0.25, -0.2) is 0 Å². The minimum Gasteiger partial charge on any atom is -0.435 e. The lowest BCUT2D eigenvalue weighted by atomic mass is 10.0. The van der Waals surface area contributed by atoms with E-state index in [4.69, 9.17) is 4.74 Å². The fourth-order valence-corrected chi connectivity index (χ4v) is 2.47. The largest absolute Gasteiger partial charge is 0.435 e. The lowest BCUT2D eigenvalue weighted by Crippen LogP contribution is -2.24. The van der Waals surface area contributed by atoms with Gasteiger partial charge in [0.15, 0.2) is 5.71 Å². The van der Waals surface area contributed by atoms with E-state index < -0.39 is 0 Å². The lowest BCUT2D eigenvalue weighted by Gasteiger charge is -2.19. The Morgan fingerprint density at radius 2 is 1.45 bits per heavy atom. The van der Waals surface area contributed by atoms with Gasteiger partial charge in [-0.1, -0.05) is 48.5 Å². The van der Waals surface area contributed by atoms with E-state index in [1.807, 2.05) is 36.4 Å². The molecular weight excluding hydrogens is 246 g/mol. The minimum absolute atomic E-state index is 0.553. The standard InChI is InChI=1S/C18H18NO/c1-14-15(2)19(17-11-7-4-8-12-17)13-20-18(14)16-9-5-3-6-10-16/h3-12H,13H2,1-2H3/q+1. The fourth-order valence-electron chi connectivity index (χ4n) is 2.47. The second-order valence-electron chi connectivity index (χ2n) is 4.94. The molecule has 0 atom stereocenters. The van der Waals surface area contributed by atoms with Gasteiger partial charge in [0.05, 0.1) is 5.57 Å². The van der Waals surface area contributed by atoms with Crippen LogP contribution in [0.4, 0.5) is 5.69 Å². The predicted octanol–water partition coefficient (Wildman–Crippen LogP) is 4.21. The van der Waals surface area contributed by atoms with Crippen LogP contribution >= 0.6 is 0 Å². The normalized spacial score (nSPS) is 15.3. The number of para-hydroxylation sites is 1. The fraction of sp³-hybridized carbons (Fsp3) is 0.167. The highest BCUT2D eigenvalue weighted by Gasteiger charge is 2.25. The molecule has 2 heteroatoms. The van der Waals surface area contributed by atoms with Crippen LogP contribution in [-0.2, 0) is 4.74 Å². The van der Waals surface area contributed by atoms with Crippen LogP contribution in [-0.4, -0.2) is 17.0 Å². The monoisotopic (exact) mass is 264 g/mol. The van der Waals surface area contributed by atoms with E-state index in [0.29, 0.717) is 6.73 Å². The maximum Gasteiger partial charge on any atom is 0.292 e. The lowest BCUT2D eigenvalue weighted by molar-refractivity contribution is -0.485. The summed E-state index contributed by atoms with van der Waals surface area (Å²) < 4.78 is 8.19. The third kappa shape index (κ3) is 2.25. The molecule has 2 aromatic rings. The third-order valence-corrected chi connectivity index (χ3v) is 3.73. The van der Waals surface area contributed by atoms with Crippen molar-refractivity contribution in [3.8, 4) is 0 Å². The maximum atomic E-state index is 6.00. The average Bonchev–Trinajstić information content (AvgIpc) is 2.52. The Balaban J connectivity index is 2.06. The van der Waals surface area contributed by atoms with Gasteiger partial charge in [0.25, 0.3) is 6.73 Å². The molecule has 0 bridgehead atoms. The molecule has 1 aliphatic heterocycles. The SMILES string of the molecule is CC1=C(c2ccccc2)OC[N+](c2ccccc2)=C1C. The molecule has 0 amide bonds. The van der Waals surface area contributed by atoms with Crippen molar-refractivity contribution < 1.29 is 9.31 Å². The van der Waals surface area contributed by atoms with Crippen LogP contribution in [0.5, 0.6) is 0 Å². The molecule has 0 spiro atoms. The smallest absolute Gasteiger partial charge is 0.292 e. The molecule has 0 aromatic heterocycles. The predicted molar refractivity (Wildman–Crippen MR) is 82.0 cm³/mol. The van der Waals surface area contributed by atoms with Crippen molar-refractivity contribution in [3.05, 3.63) is 71.8 Å². The Hall–Kier alpha value is -2.35. The van der Waals surface area contributed by atoms with Crippen molar-refractivity contribution in [2.75, 3.05) is 6.73 Å². The quantitative estimate of drug-likeness (QED) is 0.740. The molecule has 2 aromatic carbocycles. The Morgan fingerprint density at radius 1 is 0.850 bits per heavy atom. The zero-order valence-electron chi connectivity index (χ0n) is 11.8. The molecule has 0 saturated heterocycles. The van der Waals surface area contributed by atoms with E-state index >= 15 is 0 Å². The van der Waals surface area contributed by atoms with Crippen molar-refractivity contribution in [2.45, 2.75) is 13.8 Å². The number of rotatable bonds is 2. The van der Waals surface area contributed by atoms with Crippen LogP contribution in [0.15, 0.2) is 66.2 Å². The summed E-state index contributed by atoms with van der Waals surface area (Å²) in [6.45, 7) is 4.82. The highest BCUT2D eigenvalue weighted by Crippen LogP contribution is 2.26. The maximum absolute atomic E-state index is 6.00. The summed E-state index contributed by atoms with van der Waals surface area (Å²) in [6.07, 6.45) is 0. The van der Waals surface area contributed by atoms with Gasteiger partial charge in [-0.3, -0.25) is 0 Å². The van der Waals surface area contributed by atoms with Gasteiger partial charge in [0.1, 0.15) is 5.76 Å². The number of hydrogen-bond donors (Lipinski definition) is 0. The van der Waals surface area contributed by atoms with Gasteiger partial charge < -0.3 is 4.74 Å². The molecule has 0 unspecified atom stereocenters. The summed E-state index contributed by atoms with van der Waals surface area (Å²) in [6, 6.07) is 20.6. The molecule has 3 rings (SSSR count). The Morgan fingerprint density at radius 3 is 2.10 bits per heavy atom. The van der Waals surface area contributed by atoms with Crippen molar-refractivity contribution in [3.63, 3.8) is 0 Å². The summed E-state index contributed by atoms with van der Waals surface area (Å²) in [5, 5.41) is 0. The van der Waals surface area contributed by atoms with Crippen LogP contribution in [0.25, 0.3) is 5.76 Å². The van der Waals surface area contributed by atoms with Gasteiger partial charge in [-0.2, -0.15) is 4.58 Å². The molecule has 2 nitrogen and oxygen atoms in total. The molecule has 1 aliphatic rings. The Kier molecular flexibility index (Phi) is 3.38. The van der Waals surface area contributed by atoms with Crippen LogP contribution in [0.2, 0.25) is 0 Å². The first kappa shape index (κ1) is 12.7. The second kappa shape index (κ2) is 5.33. The summed E-state index contributed by atoms with van der Waals surface area (Å²) in [5.74, 6) is 0.982. The van der Waals surface area contributed by atoms with Crippen LogP contribution in [0.1, 0.15) is 19.4 Å². The number of nitrogens with zero attached hydrogens (tertiary/aromatic N) is 1. The number of ether oxygens (including phenoxy) is 1. The first-order chi connectivity index (χ1) is 9.77. The molecule has 1 heterocycles. The summed E-state index contributed by atoms with van der Waals surface area (Å²) >= 11 is 0. The topological polar surface area (TPSA) is 12.2 Å². The summed E-state index contributed by atoms with van der Waals surface area (Å²) in [5.41, 5.74) is 4.72. The Bertz CT molecular complexity index is 608. The molecule has 0 fully saturated rings. The van der Waals surface area contributed by atoms with E-state index in [9.17, 15) is 0 Å². The zero-order chi connectivity index (χ0) is 13.9. The number of benzene rings is 2. The molecule has 20 heavy (non-hydrogen) atoms. The van der Waals surface area contributed by atoms with E-state index in [1.54, 1.807) is 0 Å². The molecule has 0 aliphatic carbocycles. The average molecular weight is 264 g/mol. The van der Waals surface area contributed by atoms with Crippen molar-refractivity contribution in [2.24, 2.45) is 0 Å². The van der Waals surface area contributed by atoms with Gasteiger partial charge in [0, 0.05) is 24.6 Å². The molecule has 0 N–H and O–H groups in total. The van der Waals surface area contributed by atoms with Gasteiger partial charge in [-0.05, 0) is 6.92 Å². The van der Waals surface area contributed by atoms with Crippen LogP contribution in [0, 0.1) is 0 Å². The molecule has 0 saturated carbocycles. The van der Waals surface area contributed by atoms with E-state index in [2.05, 4.69) is 42.7 Å². The summed E-state index contributed by atoms with van der Waals surface area (Å²) in [4.78, 5) is 0. The van der Waals surface area contributed by atoms with Gasteiger partial charge in [0.2, 0.25) is 5.69 Å². The first-order valence-electron chi connectivity index (χ1n) is 6.83. The first-order valence-corrected chi connectivity index (χ1v) is 6.83. The molecule has 0 radical (unpaired) electrons. The number of hydrogen-bond acceptors (Lipinski definition) is 1. The Labute approximate surface area is 119 Å². The van der Waals surface area contributed by atoms with Crippen LogP contribution < -0.4 is 0 Å². The summed E-state index contributed by atoms with van der Waals surface area (Å²) in [7, 11) is 0. The minimum atomic E-state index is 0.553. The molecular formula is C18H18NO+. The van der Waals surface area contributed by atoms with Gasteiger partial charge in [-0.15, -0.1) is 0 Å². The second-order valence-corrected chi connectivity index (χ2v) is 4.94. The zero-order valence-corrected chi connectivity index (χ0v) is 11.8. The highest BCUT2D eigenvalue weighted by atomic mass is 16.5. The van der Waals surface area contributed by atoms with Gasteiger partial charge >= 0.3 is 0 Å². The molecule has 100 valence electrons. The van der Waals surface area contributed by atoms with Crippen molar-refractivity contribution in [1.29, 1.82) is 0 Å². The van der Waals surface area contributed by atoms with Crippen LogP contribution in [0.3, 0.4) is 0 Å². The van der Waals surface area contributed by atoms with Crippen molar-refractivity contribution >= 4 is 17.2 Å². The highest BCUT2D eigenvalue weighted by molar-refractivity contribution is 6.01. The van der Waals surface area contributed by atoms with Crippen molar-refractivity contribution in [1.82, 2.24) is 0 Å².